The first-order chi connectivity index (χ1) is 10.0. The van der Waals surface area contributed by atoms with Crippen LogP contribution in [-0.2, 0) is 6.61 Å². The van der Waals surface area contributed by atoms with Gasteiger partial charge in [0.2, 0.25) is 0 Å². The van der Waals surface area contributed by atoms with Crippen molar-refractivity contribution in [2.75, 3.05) is 0 Å². The van der Waals surface area contributed by atoms with E-state index in [-0.39, 0.29) is 18.2 Å². The van der Waals surface area contributed by atoms with Crippen LogP contribution in [0.2, 0.25) is 0 Å². The summed E-state index contributed by atoms with van der Waals surface area (Å²) >= 11 is 3.24. The van der Waals surface area contributed by atoms with E-state index in [1.165, 1.54) is 30.3 Å². The molecule has 2 rings (SSSR count). The topological polar surface area (TPSA) is 41.8 Å². The second-order valence-corrected chi connectivity index (χ2v) is 5.20. The summed E-state index contributed by atoms with van der Waals surface area (Å²) in [6, 6.07) is 8.15. The maximum Gasteiger partial charge on any atom is 0.131 e. The second kappa shape index (κ2) is 6.67. The van der Waals surface area contributed by atoms with Gasteiger partial charge >= 0.3 is 0 Å². The molecule has 0 aromatic heterocycles. The molecule has 6 heteroatoms. The number of nitrogens with zero attached hydrogens (tertiary/aromatic N) is 1. The van der Waals surface area contributed by atoms with Crippen LogP contribution < -0.4 is 4.74 Å². The number of rotatable bonds is 4. The third kappa shape index (κ3) is 3.78. The summed E-state index contributed by atoms with van der Waals surface area (Å²) in [5.74, 6) is -0.570. The SMILES string of the molecule is CC(=NO)c1ccc(F)cc1OCc1ccc(F)cc1Br. The van der Waals surface area contributed by atoms with E-state index < -0.39 is 5.82 Å². The van der Waals surface area contributed by atoms with Crippen molar-refractivity contribution in [3.8, 4) is 5.75 Å². The lowest BCUT2D eigenvalue weighted by atomic mass is 10.1. The van der Waals surface area contributed by atoms with E-state index in [2.05, 4.69) is 21.1 Å². The van der Waals surface area contributed by atoms with E-state index in [0.29, 0.717) is 21.3 Å². The molecule has 0 fully saturated rings. The van der Waals surface area contributed by atoms with Crippen LogP contribution in [0.3, 0.4) is 0 Å². The fourth-order valence-electron chi connectivity index (χ4n) is 1.76. The van der Waals surface area contributed by atoms with Crippen LogP contribution in [0.5, 0.6) is 5.75 Å². The Bertz CT molecular complexity index is 689. The molecule has 21 heavy (non-hydrogen) atoms. The maximum atomic E-state index is 13.3. The molecule has 0 bridgehead atoms. The van der Waals surface area contributed by atoms with Crippen molar-refractivity contribution in [3.63, 3.8) is 0 Å². The molecule has 110 valence electrons. The minimum Gasteiger partial charge on any atom is -0.488 e. The average molecular weight is 356 g/mol. The Morgan fingerprint density at radius 3 is 2.52 bits per heavy atom. The summed E-state index contributed by atoms with van der Waals surface area (Å²) in [4.78, 5) is 0. The highest BCUT2D eigenvalue weighted by Gasteiger charge is 2.10. The second-order valence-electron chi connectivity index (χ2n) is 4.35. The quantitative estimate of drug-likeness (QED) is 0.498. The molecule has 0 aliphatic rings. The Hall–Kier alpha value is -1.95. The number of ether oxygens (including phenoxy) is 1. The molecular formula is C15H12BrF2NO2. The zero-order valence-corrected chi connectivity index (χ0v) is 12.7. The predicted molar refractivity (Wildman–Crippen MR) is 78.8 cm³/mol. The van der Waals surface area contributed by atoms with Crippen molar-refractivity contribution in [1.82, 2.24) is 0 Å². The summed E-state index contributed by atoms with van der Waals surface area (Å²) in [7, 11) is 0. The van der Waals surface area contributed by atoms with Crippen LogP contribution in [0.1, 0.15) is 18.1 Å². The van der Waals surface area contributed by atoms with Gasteiger partial charge in [0, 0.05) is 21.7 Å². The summed E-state index contributed by atoms with van der Waals surface area (Å²) < 4.78 is 32.5. The zero-order valence-electron chi connectivity index (χ0n) is 11.1. The third-order valence-corrected chi connectivity index (χ3v) is 3.62. The summed E-state index contributed by atoms with van der Waals surface area (Å²) in [5.41, 5.74) is 1.51. The Balaban J connectivity index is 2.25. The van der Waals surface area contributed by atoms with Gasteiger partial charge in [-0.15, -0.1) is 0 Å². The predicted octanol–water partition coefficient (Wildman–Crippen LogP) is 4.50. The van der Waals surface area contributed by atoms with Crippen LogP contribution in [0.15, 0.2) is 46.0 Å². The number of oxime groups is 1. The average Bonchev–Trinajstić information content (AvgIpc) is 2.45. The Kier molecular flexibility index (Phi) is 4.90. The highest BCUT2D eigenvalue weighted by Crippen LogP contribution is 2.24. The van der Waals surface area contributed by atoms with Gasteiger partial charge in [-0.05, 0) is 31.2 Å². The molecule has 0 aliphatic heterocycles. The van der Waals surface area contributed by atoms with Gasteiger partial charge < -0.3 is 9.94 Å². The minimum atomic E-state index is -0.460. The van der Waals surface area contributed by atoms with Crippen molar-refractivity contribution >= 4 is 21.6 Å². The fraction of sp³-hybridized carbons (Fsp3) is 0.133. The monoisotopic (exact) mass is 355 g/mol. The molecule has 3 nitrogen and oxygen atoms in total. The molecular weight excluding hydrogens is 344 g/mol. The summed E-state index contributed by atoms with van der Waals surface area (Å²) in [6.07, 6.45) is 0. The molecule has 2 aromatic rings. The van der Waals surface area contributed by atoms with Crippen molar-refractivity contribution < 1.29 is 18.7 Å². The van der Waals surface area contributed by atoms with Gasteiger partial charge in [-0.2, -0.15) is 0 Å². The maximum absolute atomic E-state index is 13.3. The third-order valence-electron chi connectivity index (χ3n) is 2.88. The van der Waals surface area contributed by atoms with Gasteiger partial charge in [0.1, 0.15) is 24.0 Å². The smallest absolute Gasteiger partial charge is 0.131 e. The van der Waals surface area contributed by atoms with Gasteiger partial charge in [-0.3, -0.25) is 0 Å². The van der Waals surface area contributed by atoms with Gasteiger partial charge in [-0.25, -0.2) is 8.78 Å². The van der Waals surface area contributed by atoms with E-state index in [1.54, 1.807) is 13.0 Å². The van der Waals surface area contributed by atoms with E-state index in [0.717, 1.165) is 0 Å². The van der Waals surface area contributed by atoms with E-state index >= 15 is 0 Å². The molecule has 2 aromatic carbocycles. The van der Waals surface area contributed by atoms with Crippen molar-refractivity contribution in [1.29, 1.82) is 0 Å². The molecule has 0 heterocycles. The molecule has 1 N–H and O–H groups in total. The molecule has 0 atom stereocenters. The lowest BCUT2D eigenvalue weighted by Crippen LogP contribution is -2.03. The first kappa shape index (κ1) is 15.4. The molecule has 0 saturated carbocycles. The largest absolute Gasteiger partial charge is 0.488 e. The molecule has 0 unspecified atom stereocenters. The first-order valence-electron chi connectivity index (χ1n) is 6.06. The minimum absolute atomic E-state index is 0.121. The Morgan fingerprint density at radius 1 is 1.19 bits per heavy atom. The summed E-state index contributed by atoms with van der Waals surface area (Å²) in [6.45, 7) is 1.70. The van der Waals surface area contributed by atoms with Crippen LogP contribution in [-0.4, -0.2) is 10.9 Å². The Labute approximate surface area is 129 Å². The van der Waals surface area contributed by atoms with Crippen molar-refractivity contribution in [3.05, 3.63) is 63.6 Å². The Morgan fingerprint density at radius 2 is 1.86 bits per heavy atom. The standard InChI is InChI=1S/C15H12BrF2NO2/c1-9(19-20)13-5-4-12(18)7-15(13)21-8-10-2-3-11(17)6-14(10)16/h2-7,20H,8H2,1H3. The normalized spacial score (nSPS) is 11.5. The lowest BCUT2D eigenvalue weighted by Gasteiger charge is -2.12. The molecule has 0 spiro atoms. The van der Waals surface area contributed by atoms with E-state index in [4.69, 9.17) is 9.94 Å². The van der Waals surface area contributed by atoms with Crippen LogP contribution in [0, 0.1) is 11.6 Å². The molecule has 0 radical (unpaired) electrons. The van der Waals surface area contributed by atoms with E-state index in [9.17, 15) is 8.78 Å². The number of halogens is 3. The van der Waals surface area contributed by atoms with Gasteiger partial charge in [-0.1, -0.05) is 27.2 Å². The van der Waals surface area contributed by atoms with Gasteiger partial charge in [0.05, 0.1) is 5.71 Å². The van der Waals surface area contributed by atoms with Crippen LogP contribution in [0.25, 0.3) is 0 Å². The number of hydrogen-bond donors (Lipinski definition) is 1. The van der Waals surface area contributed by atoms with Crippen LogP contribution in [0.4, 0.5) is 8.78 Å². The molecule has 0 saturated heterocycles. The van der Waals surface area contributed by atoms with Gasteiger partial charge in [0.25, 0.3) is 0 Å². The highest BCUT2D eigenvalue weighted by molar-refractivity contribution is 9.10. The number of benzene rings is 2. The van der Waals surface area contributed by atoms with Crippen molar-refractivity contribution in [2.45, 2.75) is 13.5 Å². The fourth-order valence-corrected chi connectivity index (χ4v) is 2.23. The van der Waals surface area contributed by atoms with Crippen LogP contribution >= 0.6 is 15.9 Å². The first-order valence-corrected chi connectivity index (χ1v) is 6.86. The molecule has 0 aliphatic carbocycles. The zero-order chi connectivity index (χ0) is 15.4. The van der Waals surface area contributed by atoms with E-state index in [1.807, 2.05) is 0 Å². The van der Waals surface area contributed by atoms with Crippen molar-refractivity contribution in [2.24, 2.45) is 5.16 Å². The summed E-state index contributed by atoms with van der Waals surface area (Å²) in [5, 5.41) is 11.9. The van der Waals surface area contributed by atoms with Gasteiger partial charge in [0.15, 0.2) is 0 Å². The molecule has 0 amide bonds. The highest BCUT2D eigenvalue weighted by atomic mass is 79.9. The lowest BCUT2D eigenvalue weighted by molar-refractivity contribution is 0.301. The number of hydrogen-bond acceptors (Lipinski definition) is 3.